The molecule has 116 valence electrons. The molecule has 0 spiro atoms. The van der Waals surface area contributed by atoms with Gasteiger partial charge in [-0.3, -0.25) is 14.4 Å². The highest BCUT2D eigenvalue weighted by Crippen LogP contribution is 2.33. The summed E-state index contributed by atoms with van der Waals surface area (Å²) < 4.78 is 5.30. The normalized spacial score (nSPS) is 16.6. The molecule has 0 bridgehead atoms. The summed E-state index contributed by atoms with van der Waals surface area (Å²) in [5.74, 6) is -0.453. The van der Waals surface area contributed by atoms with E-state index in [0.29, 0.717) is 29.6 Å². The molecule has 1 heterocycles. The van der Waals surface area contributed by atoms with Crippen molar-refractivity contribution in [1.82, 2.24) is 5.32 Å². The number of fused-ring (bicyclic) bond motifs is 1. The fourth-order valence-electron chi connectivity index (χ4n) is 2.18. The van der Waals surface area contributed by atoms with Crippen LogP contribution in [-0.2, 0) is 14.4 Å². The zero-order valence-electron chi connectivity index (χ0n) is 12.2. The first-order valence-electron chi connectivity index (χ1n) is 7.17. The summed E-state index contributed by atoms with van der Waals surface area (Å²) in [5, 5.41) is 5.13. The van der Waals surface area contributed by atoms with E-state index in [4.69, 9.17) is 4.74 Å². The van der Waals surface area contributed by atoms with Crippen molar-refractivity contribution in [1.29, 1.82) is 0 Å². The van der Waals surface area contributed by atoms with Gasteiger partial charge in [-0.15, -0.1) is 0 Å². The Bertz CT molecular complexity index is 640. The van der Waals surface area contributed by atoms with Gasteiger partial charge >= 0.3 is 11.8 Å². The van der Waals surface area contributed by atoms with Crippen LogP contribution in [0.2, 0.25) is 0 Å². The number of nitrogens with one attached hydrogen (secondary N) is 2. The zero-order valence-corrected chi connectivity index (χ0v) is 12.2. The number of benzene rings is 1. The number of nitrogens with zero attached hydrogens (tertiary/aromatic N) is 1. The van der Waals surface area contributed by atoms with Crippen molar-refractivity contribution in [2.75, 3.05) is 30.4 Å². The molecule has 1 saturated carbocycles. The van der Waals surface area contributed by atoms with Gasteiger partial charge in [0.15, 0.2) is 6.61 Å². The number of carbonyl (C=O) groups is 3. The van der Waals surface area contributed by atoms with Crippen LogP contribution < -0.4 is 20.3 Å². The Morgan fingerprint density at radius 1 is 1.32 bits per heavy atom. The fourth-order valence-corrected chi connectivity index (χ4v) is 2.18. The second-order valence-electron chi connectivity index (χ2n) is 5.53. The minimum atomic E-state index is -0.716. The van der Waals surface area contributed by atoms with Gasteiger partial charge in [0, 0.05) is 19.3 Å². The predicted octanol–water partition coefficient (Wildman–Crippen LogP) is 0.506. The van der Waals surface area contributed by atoms with E-state index in [9.17, 15) is 14.4 Å². The van der Waals surface area contributed by atoms with Gasteiger partial charge in [0.1, 0.15) is 5.75 Å². The maximum atomic E-state index is 11.8. The highest BCUT2D eigenvalue weighted by molar-refractivity contribution is 6.39. The molecule has 0 aromatic heterocycles. The Balaban J connectivity index is 1.66. The molecule has 1 aromatic rings. The molecule has 0 saturated heterocycles. The molecule has 1 aliphatic heterocycles. The van der Waals surface area contributed by atoms with Gasteiger partial charge in [-0.05, 0) is 37.0 Å². The summed E-state index contributed by atoms with van der Waals surface area (Å²) in [6.45, 7) is 0.542. The lowest BCUT2D eigenvalue weighted by Gasteiger charge is -2.26. The highest BCUT2D eigenvalue weighted by atomic mass is 16.5. The molecular weight excluding hydrogens is 286 g/mol. The molecular formula is C15H17N3O4. The number of likely N-dealkylation sites (N-methyl/N-ethyl adjacent to an activating group) is 1. The minimum absolute atomic E-state index is 0.00121. The number of hydrogen-bond acceptors (Lipinski definition) is 4. The van der Waals surface area contributed by atoms with Crippen LogP contribution in [0.15, 0.2) is 18.2 Å². The van der Waals surface area contributed by atoms with Crippen molar-refractivity contribution in [2.24, 2.45) is 5.92 Å². The highest BCUT2D eigenvalue weighted by Gasteiger charge is 2.25. The van der Waals surface area contributed by atoms with E-state index in [0.717, 1.165) is 12.8 Å². The molecule has 22 heavy (non-hydrogen) atoms. The Kier molecular flexibility index (Phi) is 3.70. The molecule has 1 aromatic carbocycles. The third-order valence-corrected chi connectivity index (χ3v) is 3.76. The topological polar surface area (TPSA) is 87.7 Å². The predicted molar refractivity (Wildman–Crippen MR) is 79.7 cm³/mol. The van der Waals surface area contributed by atoms with E-state index in [2.05, 4.69) is 10.6 Å². The molecule has 0 unspecified atom stereocenters. The summed E-state index contributed by atoms with van der Waals surface area (Å²) in [6, 6.07) is 4.91. The van der Waals surface area contributed by atoms with E-state index in [1.54, 1.807) is 25.2 Å². The van der Waals surface area contributed by atoms with Crippen molar-refractivity contribution in [3.05, 3.63) is 18.2 Å². The summed E-state index contributed by atoms with van der Waals surface area (Å²) in [7, 11) is 1.64. The Morgan fingerprint density at radius 3 is 2.82 bits per heavy atom. The van der Waals surface area contributed by atoms with Crippen LogP contribution in [0.1, 0.15) is 12.8 Å². The van der Waals surface area contributed by atoms with E-state index >= 15 is 0 Å². The van der Waals surface area contributed by atoms with E-state index < -0.39 is 11.8 Å². The van der Waals surface area contributed by atoms with Crippen LogP contribution >= 0.6 is 0 Å². The maximum Gasteiger partial charge on any atom is 0.313 e. The van der Waals surface area contributed by atoms with Crippen molar-refractivity contribution in [3.8, 4) is 5.75 Å². The molecule has 1 aliphatic carbocycles. The second-order valence-corrected chi connectivity index (χ2v) is 5.53. The zero-order chi connectivity index (χ0) is 15.7. The molecule has 2 N–H and O–H groups in total. The second kappa shape index (κ2) is 5.67. The largest absolute Gasteiger partial charge is 0.482 e. The van der Waals surface area contributed by atoms with Gasteiger partial charge in [-0.2, -0.15) is 0 Å². The fraction of sp³-hybridized carbons (Fsp3) is 0.400. The lowest BCUT2D eigenvalue weighted by Crippen LogP contribution is -2.37. The summed E-state index contributed by atoms with van der Waals surface area (Å²) >= 11 is 0. The number of rotatable bonds is 3. The van der Waals surface area contributed by atoms with E-state index in [-0.39, 0.29) is 12.5 Å². The molecule has 7 nitrogen and oxygen atoms in total. The van der Waals surface area contributed by atoms with Gasteiger partial charge in [-0.25, -0.2) is 0 Å². The van der Waals surface area contributed by atoms with Crippen LogP contribution in [0.5, 0.6) is 5.75 Å². The Labute approximate surface area is 127 Å². The van der Waals surface area contributed by atoms with E-state index in [1.807, 2.05) is 0 Å². The first kappa shape index (κ1) is 14.4. The quantitative estimate of drug-likeness (QED) is 0.796. The van der Waals surface area contributed by atoms with Gasteiger partial charge in [0.05, 0.1) is 5.69 Å². The van der Waals surface area contributed by atoms with Crippen molar-refractivity contribution >= 4 is 29.1 Å². The molecule has 7 heteroatoms. The van der Waals surface area contributed by atoms with Crippen LogP contribution in [-0.4, -0.2) is 37.9 Å². The molecule has 0 radical (unpaired) electrons. The smallest absolute Gasteiger partial charge is 0.313 e. The Hall–Kier alpha value is -2.57. The van der Waals surface area contributed by atoms with Crippen LogP contribution in [0.3, 0.4) is 0 Å². The van der Waals surface area contributed by atoms with Crippen molar-refractivity contribution in [2.45, 2.75) is 12.8 Å². The summed E-state index contributed by atoms with van der Waals surface area (Å²) in [6.07, 6.45) is 2.21. The SMILES string of the molecule is CN1C(=O)COc2ccc(NC(=O)C(=O)NCC3CC3)cc21. The van der Waals surface area contributed by atoms with Crippen LogP contribution in [0.25, 0.3) is 0 Å². The number of ether oxygens (including phenoxy) is 1. The third kappa shape index (κ3) is 3.03. The summed E-state index contributed by atoms with van der Waals surface area (Å²) in [5.41, 5.74) is 1.00. The van der Waals surface area contributed by atoms with Crippen molar-refractivity contribution in [3.63, 3.8) is 0 Å². The third-order valence-electron chi connectivity index (χ3n) is 3.76. The molecule has 3 amide bonds. The van der Waals surface area contributed by atoms with Crippen LogP contribution in [0, 0.1) is 5.92 Å². The standard InChI is InChI=1S/C15H17N3O4/c1-18-11-6-10(4-5-12(11)22-8-13(18)19)17-15(21)14(20)16-7-9-2-3-9/h4-6,9H,2-3,7-8H2,1H3,(H,16,20)(H,17,21). The van der Waals surface area contributed by atoms with Crippen LogP contribution in [0.4, 0.5) is 11.4 Å². The first-order chi connectivity index (χ1) is 10.5. The molecule has 2 aliphatic rings. The average molecular weight is 303 g/mol. The monoisotopic (exact) mass is 303 g/mol. The Morgan fingerprint density at radius 2 is 2.09 bits per heavy atom. The lowest BCUT2D eigenvalue weighted by molar-refractivity contribution is -0.136. The number of amides is 3. The van der Waals surface area contributed by atoms with Gasteiger partial charge in [0.2, 0.25) is 0 Å². The molecule has 3 rings (SSSR count). The average Bonchev–Trinajstić information content (AvgIpc) is 3.33. The minimum Gasteiger partial charge on any atom is -0.482 e. The van der Waals surface area contributed by atoms with Crippen molar-refractivity contribution < 1.29 is 19.1 Å². The number of anilines is 2. The summed E-state index contributed by atoms with van der Waals surface area (Å²) in [4.78, 5) is 36.6. The molecule has 1 fully saturated rings. The number of hydrogen-bond donors (Lipinski definition) is 2. The maximum absolute atomic E-state index is 11.8. The van der Waals surface area contributed by atoms with Gasteiger partial charge < -0.3 is 20.3 Å². The van der Waals surface area contributed by atoms with Gasteiger partial charge in [-0.1, -0.05) is 0 Å². The van der Waals surface area contributed by atoms with Gasteiger partial charge in [0.25, 0.3) is 5.91 Å². The number of carbonyl (C=O) groups excluding carboxylic acids is 3. The first-order valence-corrected chi connectivity index (χ1v) is 7.17. The molecule has 0 atom stereocenters. The van der Waals surface area contributed by atoms with E-state index in [1.165, 1.54) is 4.90 Å². The lowest BCUT2D eigenvalue weighted by atomic mass is 10.2.